The summed E-state index contributed by atoms with van der Waals surface area (Å²) in [4.78, 5) is 24.2. The van der Waals surface area contributed by atoms with E-state index in [1.807, 2.05) is 19.1 Å². The van der Waals surface area contributed by atoms with Gasteiger partial charge >= 0.3 is 12.0 Å². The zero-order valence-corrected chi connectivity index (χ0v) is 10.5. The lowest BCUT2D eigenvalue weighted by molar-refractivity contribution is -0.141. The number of aryl methyl sites for hydroxylation is 1. The molecule has 0 unspecified atom stereocenters. The third-order valence-corrected chi connectivity index (χ3v) is 3.13. The maximum atomic E-state index is 12.0. The number of carboxylic acids is 1. The molecule has 0 saturated carbocycles. The summed E-state index contributed by atoms with van der Waals surface area (Å²) in [5, 5.41) is 21.1. The summed E-state index contributed by atoms with van der Waals surface area (Å²) in [6.07, 6.45) is -0.721. The minimum Gasteiger partial charge on any atom is -0.480 e. The van der Waals surface area contributed by atoms with Crippen molar-refractivity contribution in [2.24, 2.45) is 0 Å². The van der Waals surface area contributed by atoms with E-state index >= 15 is 0 Å². The van der Waals surface area contributed by atoms with Crippen LogP contribution in [-0.2, 0) is 4.79 Å². The number of amides is 2. The Kier molecular flexibility index (Phi) is 3.71. The first-order valence-electron chi connectivity index (χ1n) is 6.02. The highest BCUT2D eigenvalue weighted by atomic mass is 16.4. The number of aliphatic hydroxyl groups excluding tert-OH is 1. The maximum absolute atomic E-state index is 12.0. The van der Waals surface area contributed by atoms with Gasteiger partial charge in [-0.1, -0.05) is 17.7 Å². The number of nitrogens with zero attached hydrogens (tertiary/aromatic N) is 1. The molecule has 0 aromatic heterocycles. The van der Waals surface area contributed by atoms with Crippen molar-refractivity contribution in [1.29, 1.82) is 0 Å². The van der Waals surface area contributed by atoms with Gasteiger partial charge in [0.05, 0.1) is 6.10 Å². The van der Waals surface area contributed by atoms with E-state index < -0.39 is 24.1 Å². The number of aliphatic carboxylic acids is 1. The van der Waals surface area contributed by atoms with Crippen LogP contribution in [-0.4, -0.2) is 45.8 Å². The van der Waals surface area contributed by atoms with Gasteiger partial charge in [0.25, 0.3) is 0 Å². The Morgan fingerprint density at radius 1 is 1.32 bits per heavy atom. The second-order valence-electron chi connectivity index (χ2n) is 4.69. The monoisotopic (exact) mass is 264 g/mol. The van der Waals surface area contributed by atoms with Gasteiger partial charge in [-0.05, 0) is 19.1 Å². The number of benzene rings is 1. The first kappa shape index (κ1) is 13.4. The molecule has 19 heavy (non-hydrogen) atoms. The molecular formula is C13H16N2O4. The summed E-state index contributed by atoms with van der Waals surface area (Å²) in [6, 6.07) is 5.71. The van der Waals surface area contributed by atoms with Crippen LogP contribution >= 0.6 is 0 Å². The lowest BCUT2D eigenvalue weighted by atomic mass is 10.2. The lowest BCUT2D eigenvalue weighted by Crippen LogP contribution is -2.43. The highest BCUT2D eigenvalue weighted by molar-refractivity contribution is 5.92. The standard InChI is InChI=1S/C13H16N2O4/c1-8-2-4-9(5-3-8)14-13(19)15-7-10(16)6-11(15)12(17)18/h2-5,10-11,16H,6-7H2,1H3,(H,14,19)(H,17,18)/t10-,11-/m1/s1. The molecule has 2 rings (SSSR count). The summed E-state index contributed by atoms with van der Waals surface area (Å²) in [5.41, 5.74) is 1.67. The zero-order valence-electron chi connectivity index (χ0n) is 10.5. The smallest absolute Gasteiger partial charge is 0.326 e. The number of urea groups is 1. The van der Waals surface area contributed by atoms with Crippen molar-refractivity contribution in [3.63, 3.8) is 0 Å². The van der Waals surface area contributed by atoms with Gasteiger partial charge in [0, 0.05) is 18.7 Å². The third-order valence-electron chi connectivity index (χ3n) is 3.13. The Bertz CT molecular complexity index is 486. The predicted octanol–water partition coefficient (Wildman–Crippen LogP) is 1.05. The number of nitrogens with one attached hydrogen (secondary N) is 1. The predicted molar refractivity (Wildman–Crippen MR) is 69.0 cm³/mol. The average Bonchev–Trinajstić information content (AvgIpc) is 2.74. The number of carbonyl (C=O) groups excluding carboxylic acids is 1. The SMILES string of the molecule is Cc1ccc(NC(=O)N2C[C@H](O)C[C@@H]2C(=O)O)cc1. The molecule has 2 amide bonds. The van der Waals surface area contributed by atoms with Crippen molar-refractivity contribution >= 4 is 17.7 Å². The number of hydrogen-bond acceptors (Lipinski definition) is 3. The minimum atomic E-state index is -1.10. The Morgan fingerprint density at radius 2 is 1.95 bits per heavy atom. The molecule has 3 N–H and O–H groups in total. The number of β-amino-alcohol motifs (C(OH)–C–C–N with tert-alkyl or cyclic N) is 1. The molecule has 0 spiro atoms. The fourth-order valence-electron chi connectivity index (χ4n) is 2.10. The van der Waals surface area contributed by atoms with Gasteiger partial charge in [-0.2, -0.15) is 0 Å². The van der Waals surface area contributed by atoms with Crippen LogP contribution in [0.4, 0.5) is 10.5 Å². The van der Waals surface area contributed by atoms with Crippen LogP contribution in [0, 0.1) is 6.92 Å². The minimum absolute atomic E-state index is 0.0364. The molecule has 1 fully saturated rings. The van der Waals surface area contributed by atoms with Crippen LogP contribution in [0.2, 0.25) is 0 Å². The largest absolute Gasteiger partial charge is 0.480 e. The summed E-state index contributed by atoms with van der Waals surface area (Å²) in [7, 11) is 0. The van der Waals surface area contributed by atoms with E-state index in [-0.39, 0.29) is 13.0 Å². The Morgan fingerprint density at radius 3 is 2.53 bits per heavy atom. The summed E-state index contributed by atoms with van der Waals surface area (Å²) in [5.74, 6) is -1.10. The number of likely N-dealkylation sites (tertiary alicyclic amines) is 1. The van der Waals surface area contributed by atoms with E-state index in [0.29, 0.717) is 5.69 Å². The number of anilines is 1. The van der Waals surface area contributed by atoms with Crippen molar-refractivity contribution in [1.82, 2.24) is 4.90 Å². The molecule has 1 aliphatic heterocycles. The molecule has 1 heterocycles. The topological polar surface area (TPSA) is 89.9 Å². The molecule has 1 aliphatic rings. The number of carbonyl (C=O) groups is 2. The quantitative estimate of drug-likeness (QED) is 0.744. The Labute approximate surface area is 110 Å². The fraction of sp³-hybridized carbons (Fsp3) is 0.385. The second-order valence-corrected chi connectivity index (χ2v) is 4.69. The van der Waals surface area contributed by atoms with E-state index in [0.717, 1.165) is 10.5 Å². The number of carboxylic acid groups (broad SMARTS) is 1. The number of aliphatic hydroxyl groups is 1. The Balaban J connectivity index is 2.06. The number of rotatable bonds is 2. The van der Waals surface area contributed by atoms with E-state index in [4.69, 9.17) is 5.11 Å². The molecule has 2 atom stereocenters. The van der Waals surface area contributed by atoms with Gasteiger partial charge in [0.15, 0.2) is 0 Å². The van der Waals surface area contributed by atoms with Crippen LogP contribution in [0.25, 0.3) is 0 Å². The normalized spacial score (nSPS) is 22.3. The molecule has 1 aromatic rings. The van der Waals surface area contributed by atoms with Crippen LogP contribution in [0.3, 0.4) is 0 Å². The Hall–Kier alpha value is -2.08. The van der Waals surface area contributed by atoms with Crippen LogP contribution in [0.15, 0.2) is 24.3 Å². The summed E-state index contributed by atoms with van der Waals surface area (Å²) >= 11 is 0. The summed E-state index contributed by atoms with van der Waals surface area (Å²) < 4.78 is 0. The molecule has 6 nitrogen and oxygen atoms in total. The van der Waals surface area contributed by atoms with Crippen molar-refractivity contribution in [3.05, 3.63) is 29.8 Å². The van der Waals surface area contributed by atoms with Gasteiger partial charge in [-0.25, -0.2) is 9.59 Å². The van der Waals surface area contributed by atoms with Crippen LogP contribution in [0.5, 0.6) is 0 Å². The molecule has 1 aromatic carbocycles. The third kappa shape index (κ3) is 3.03. The van der Waals surface area contributed by atoms with Crippen LogP contribution < -0.4 is 5.32 Å². The molecular weight excluding hydrogens is 248 g/mol. The number of hydrogen-bond donors (Lipinski definition) is 3. The molecule has 6 heteroatoms. The summed E-state index contributed by atoms with van der Waals surface area (Å²) in [6.45, 7) is 1.97. The van der Waals surface area contributed by atoms with Crippen molar-refractivity contribution in [2.75, 3.05) is 11.9 Å². The van der Waals surface area contributed by atoms with Gasteiger partial charge < -0.3 is 20.4 Å². The van der Waals surface area contributed by atoms with E-state index in [1.165, 1.54) is 0 Å². The van der Waals surface area contributed by atoms with Crippen LogP contribution in [0.1, 0.15) is 12.0 Å². The first-order chi connectivity index (χ1) is 8.97. The van der Waals surface area contributed by atoms with E-state index in [9.17, 15) is 14.7 Å². The van der Waals surface area contributed by atoms with Crippen molar-refractivity contribution in [2.45, 2.75) is 25.5 Å². The molecule has 0 aliphatic carbocycles. The molecule has 0 radical (unpaired) electrons. The van der Waals surface area contributed by atoms with Gasteiger partial charge in [0.1, 0.15) is 6.04 Å². The van der Waals surface area contributed by atoms with Gasteiger partial charge in [0.2, 0.25) is 0 Å². The van der Waals surface area contributed by atoms with E-state index in [2.05, 4.69) is 5.32 Å². The van der Waals surface area contributed by atoms with Gasteiger partial charge in [-0.3, -0.25) is 0 Å². The van der Waals surface area contributed by atoms with Gasteiger partial charge in [-0.15, -0.1) is 0 Å². The molecule has 1 saturated heterocycles. The zero-order chi connectivity index (χ0) is 14.0. The lowest BCUT2D eigenvalue weighted by Gasteiger charge is -2.21. The highest BCUT2D eigenvalue weighted by Gasteiger charge is 2.38. The van der Waals surface area contributed by atoms with E-state index in [1.54, 1.807) is 12.1 Å². The molecule has 0 bridgehead atoms. The molecule has 102 valence electrons. The first-order valence-corrected chi connectivity index (χ1v) is 6.02. The highest BCUT2D eigenvalue weighted by Crippen LogP contribution is 2.20. The second kappa shape index (κ2) is 5.27. The average molecular weight is 264 g/mol. The fourth-order valence-corrected chi connectivity index (χ4v) is 2.10. The van der Waals surface area contributed by atoms with Crippen molar-refractivity contribution in [3.8, 4) is 0 Å². The maximum Gasteiger partial charge on any atom is 0.326 e. The van der Waals surface area contributed by atoms with Crippen molar-refractivity contribution < 1.29 is 19.8 Å².